The third kappa shape index (κ3) is 0.909. The lowest BCUT2D eigenvalue weighted by molar-refractivity contribution is 0.558. The molecule has 0 aliphatic carbocycles. The monoisotopic (exact) mass is 150 g/mol. The van der Waals surface area contributed by atoms with Gasteiger partial charge in [0.1, 0.15) is 11.8 Å². The summed E-state index contributed by atoms with van der Waals surface area (Å²) in [6.45, 7) is 1.94. The van der Waals surface area contributed by atoms with Gasteiger partial charge >= 0.3 is 0 Å². The summed E-state index contributed by atoms with van der Waals surface area (Å²) < 4.78 is 17.7. The van der Waals surface area contributed by atoms with E-state index in [-0.39, 0.29) is 5.82 Å². The van der Waals surface area contributed by atoms with Gasteiger partial charge in [-0.3, -0.25) is 0 Å². The van der Waals surface area contributed by atoms with Crippen molar-refractivity contribution in [2.75, 3.05) is 0 Å². The molecule has 0 bridgehead atoms. The van der Waals surface area contributed by atoms with Gasteiger partial charge in [0.05, 0.1) is 5.39 Å². The molecule has 56 valence electrons. The maximum absolute atomic E-state index is 12.8. The Morgan fingerprint density at radius 3 is 3.00 bits per heavy atom. The Morgan fingerprint density at radius 1 is 1.36 bits per heavy atom. The summed E-state index contributed by atoms with van der Waals surface area (Å²) in [4.78, 5) is 0. The van der Waals surface area contributed by atoms with E-state index in [4.69, 9.17) is 4.42 Å². The molecule has 1 aromatic heterocycles. The van der Waals surface area contributed by atoms with Crippen LogP contribution in [0.2, 0.25) is 0 Å². The van der Waals surface area contributed by atoms with Crippen LogP contribution in [0, 0.1) is 12.7 Å². The highest BCUT2D eigenvalue weighted by Crippen LogP contribution is 2.20. The molecule has 0 aliphatic rings. The van der Waals surface area contributed by atoms with Crippen molar-refractivity contribution in [1.29, 1.82) is 0 Å². The highest BCUT2D eigenvalue weighted by atomic mass is 19.1. The summed E-state index contributed by atoms with van der Waals surface area (Å²) in [6.07, 6.45) is 1.13. The zero-order valence-electron chi connectivity index (χ0n) is 6.10. The maximum atomic E-state index is 12.8. The van der Waals surface area contributed by atoms with Crippen molar-refractivity contribution in [3.8, 4) is 0 Å². The van der Waals surface area contributed by atoms with Crippen molar-refractivity contribution in [2.24, 2.45) is 0 Å². The summed E-state index contributed by atoms with van der Waals surface area (Å²) >= 11 is 0. The summed E-state index contributed by atoms with van der Waals surface area (Å²) in [6, 6.07) is 5.41. The van der Waals surface area contributed by atoms with Crippen molar-refractivity contribution in [1.82, 2.24) is 0 Å². The quantitative estimate of drug-likeness (QED) is 0.562. The van der Waals surface area contributed by atoms with Crippen molar-refractivity contribution in [3.05, 3.63) is 35.8 Å². The molecule has 0 aliphatic heterocycles. The van der Waals surface area contributed by atoms with E-state index in [9.17, 15) is 4.39 Å². The van der Waals surface area contributed by atoms with Gasteiger partial charge in [-0.15, -0.1) is 0 Å². The van der Waals surface area contributed by atoms with Gasteiger partial charge in [0.25, 0.3) is 0 Å². The average Bonchev–Trinajstić information content (AvgIpc) is 2.32. The van der Waals surface area contributed by atoms with Gasteiger partial charge in [-0.1, -0.05) is 6.07 Å². The Kier molecular flexibility index (Phi) is 1.22. The van der Waals surface area contributed by atoms with Crippen molar-refractivity contribution < 1.29 is 8.81 Å². The molecule has 0 saturated carbocycles. The molecule has 0 unspecified atom stereocenters. The Hall–Kier alpha value is -1.31. The van der Waals surface area contributed by atoms with Gasteiger partial charge < -0.3 is 4.42 Å². The van der Waals surface area contributed by atoms with Crippen molar-refractivity contribution in [3.63, 3.8) is 0 Å². The van der Waals surface area contributed by atoms with Crippen LogP contribution in [0.5, 0.6) is 0 Å². The molecular formula is C9H7FO. The van der Waals surface area contributed by atoms with Crippen LogP contribution in [0.4, 0.5) is 4.39 Å². The lowest BCUT2D eigenvalue weighted by Crippen LogP contribution is -1.71. The number of benzene rings is 1. The van der Waals surface area contributed by atoms with Crippen LogP contribution in [0.25, 0.3) is 11.0 Å². The van der Waals surface area contributed by atoms with Crippen molar-refractivity contribution in [2.45, 2.75) is 6.92 Å². The fraction of sp³-hybridized carbons (Fsp3) is 0.111. The number of furan rings is 1. The highest BCUT2D eigenvalue weighted by molar-refractivity contribution is 5.78. The van der Waals surface area contributed by atoms with Crippen LogP contribution in [-0.2, 0) is 0 Å². The van der Waals surface area contributed by atoms with Gasteiger partial charge in [-0.05, 0) is 24.6 Å². The van der Waals surface area contributed by atoms with Crippen molar-refractivity contribution >= 4 is 11.0 Å². The van der Waals surface area contributed by atoms with Gasteiger partial charge in [0.15, 0.2) is 5.82 Å². The van der Waals surface area contributed by atoms with E-state index in [1.165, 1.54) is 0 Å². The number of hydrogen-bond acceptors (Lipinski definition) is 1. The first kappa shape index (κ1) is 6.40. The van der Waals surface area contributed by atoms with Crippen LogP contribution in [0.1, 0.15) is 5.56 Å². The first-order chi connectivity index (χ1) is 5.27. The normalized spacial score (nSPS) is 10.7. The molecule has 11 heavy (non-hydrogen) atoms. The molecule has 1 heterocycles. The topological polar surface area (TPSA) is 13.1 Å². The summed E-state index contributed by atoms with van der Waals surface area (Å²) in [5.74, 6) is -0.292. The minimum atomic E-state index is -0.292. The Bertz CT molecular complexity index is 389. The second-order valence-electron chi connectivity index (χ2n) is 2.58. The number of hydrogen-bond donors (Lipinski definition) is 0. The summed E-state index contributed by atoms with van der Waals surface area (Å²) in [5.41, 5.74) is 1.69. The number of fused-ring (bicyclic) bond motifs is 1. The molecule has 0 spiro atoms. The minimum Gasteiger partial charge on any atom is -0.461 e. The highest BCUT2D eigenvalue weighted by Gasteiger charge is 2.03. The lowest BCUT2D eigenvalue weighted by Gasteiger charge is -1.89. The minimum absolute atomic E-state index is 0.292. The first-order valence-electron chi connectivity index (χ1n) is 3.41. The SMILES string of the molecule is Cc1ccc2c(F)coc2c1. The van der Waals surface area contributed by atoms with Crippen LogP contribution < -0.4 is 0 Å². The van der Waals surface area contributed by atoms with E-state index in [0.29, 0.717) is 11.0 Å². The molecule has 1 nitrogen and oxygen atoms in total. The Balaban J connectivity index is 2.86. The Labute approximate surface area is 63.4 Å². The molecule has 0 atom stereocenters. The molecule has 0 N–H and O–H groups in total. The molecule has 2 aromatic rings. The second kappa shape index (κ2) is 2.09. The predicted octanol–water partition coefficient (Wildman–Crippen LogP) is 2.88. The van der Waals surface area contributed by atoms with Crippen LogP contribution in [0.3, 0.4) is 0 Å². The van der Waals surface area contributed by atoms with E-state index in [1.807, 2.05) is 19.1 Å². The number of rotatable bonds is 0. The van der Waals surface area contributed by atoms with Crippen LogP contribution >= 0.6 is 0 Å². The fourth-order valence-corrected chi connectivity index (χ4v) is 1.10. The van der Waals surface area contributed by atoms with E-state index >= 15 is 0 Å². The fourth-order valence-electron chi connectivity index (χ4n) is 1.10. The van der Waals surface area contributed by atoms with E-state index in [1.54, 1.807) is 6.07 Å². The Morgan fingerprint density at radius 2 is 2.18 bits per heavy atom. The largest absolute Gasteiger partial charge is 0.461 e. The predicted molar refractivity (Wildman–Crippen MR) is 40.9 cm³/mol. The molecule has 0 saturated heterocycles. The molecule has 2 heteroatoms. The lowest BCUT2D eigenvalue weighted by atomic mass is 10.2. The molecule has 0 amide bonds. The van der Waals surface area contributed by atoms with Gasteiger partial charge in [0, 0.05) is 0 Å². The zero-order chi connectivity index (χ0) is 7.84. The number of halogens is 1. The van der Waals surface area contributed by atoms with E-state index in [0.717, 1.165) is 11.8 Å². The van der Waals surface area contributed by atoms with Gasteiger partial charge in [-0.2, -0.15) is 0 Å². The molecule has 1 aromatic carbocycles. The molecular weight excluding hydrogens is 143 g/mol. The standard InChI is InChI=1S/C9H7FO/c1-6-2-3-7-8(10)5-11-9(7)4-6/h2-5H,1H3. The average molecular weight is 150 g/mol. The third-order valence-corrected chi connectivity index (χ3v) is 1.68. The van der Waals surface area contributed by atoms with E-state index in [2.05, 4.69) is 0 Å². The molecule has 0 fully saturated rings. The second-order valence-corrected chi connectivity index (χ2v) is 2.58. The van der Waals surface area contributed by atoms with Gasteiger partial charge in [0.2, 0.25) is 0 Å². The van der Waals surface area contributed by atoms with Gasteiger partial charge in [-0.25, -0.2) is 4.39 Å². The molecule has 0 radical (unpaired) electrons. The molecule has 2 rings (SSSR count). The summed E-state index contributed by atoms with van der Waals surface area (Å²) in [7, 11) is 0. The first-order valence-corrected chi connectivity index (χ1v) is 3.41. The van der Waals surface area contributed by atoms with Crippen LogP contribution in [0.15, 0.2) is 28.9 Å². The number of aryl methyl sites for hydroxylation is 1. The maximum Gasteiger partial charge on any atom is 0.169 e. The third-order valence-electron chi connectivity index (χ3n) is 1.68. The smallest absolute Gasteiger partial charge is 0.169 e. The zero-order valence-corrected chi connectivity index (χ0v) is 6.10. The van der Waals surface area contributed by atoms with Crippen LogP contribution in [-0.4, -0.2) is 0 Å². The summed E-state index contributed by atoms with van der Waals surface area (Å²) in [5, 5.41) is 0.551. The van der Waals surface area contributed by atoms with E-state index < -0.39 is 0 Å².